The lowest BCUT2D eigenvalue weighted by atomic mass is 10.0. The fraction of sp³-hybridized carbons (Fsp3) is 0.474. The Hall–Kier alpha value is -1.08. The van der Waals surface area contributed by atoms with E-state index < -0.39 is 0 Å². The predicted molar refractivity (Wildman–Crippen MR) is 95.6 cm³/mol. The zero-order chi connectivity index (χ0) is 15.4. The lowest BCUT2D eigenvalue weighted by molar-refractivity contribution is 0.587. The minimum atomic E-state index is 0.789. The van der Waals surface area contributed by atoms with Crippen LogP contribution in [-0.2, 0) is 6.42 Å². The van der Waals surface area contributed by atoms with Crippen LogP contribution in [0.25, 0.3) is 10.4 Å². The van der Waals surface area contributed by atoms with Gasteiger partial charge in [0, 0.05) is 4.88 Å². The summed E-state index contributed by atoms with van der Waals surface area (Å²) < 4.78 is 0. The average Bonchev–Trinajstić information content (AvgIpc) is 3.04. The van der Waals surface area contributed by atoms with Crippen molar-refractivity contribution in [2.24, 2.45) is 5.92 Å². The molecule has 0 unspecified atom stereocenters. The van der Waals surface area contributed by atoms with E-state index in [1.165, 1.54) is 28.8 Å². The standard InChI is InChI=1S/C15H18S.2C2H6/c1-12(2)5-6-13-7-9-14(10-8-13)15-4-3-11-16-15;2*1-2/h3-4,7-12H,5-6H2,1-2H3;2*1-2H3. The van der Waals surface area contributed by atoms with Gasteiger partial charge in [-0.05, 0) is 41.3 Å². The molecule has 2 aromatic rings. The smallest absolute Gasteiger partial charge is 0.0342 e. The second kappa shape index (κ2) is 11.7. The molecule has 0 saturated heterocycles. The maximum Gasteiger partial charge on any atom is 0.0342 e. The van der Waals surface area contributed by atoms with Crippen LogP contribution in [0.4, 0.5) is 0 Å². The molecular formula is C19H30S. The van der Waals surface area contributed by atoms with E-state index in [0.29, 0.717) is 0 Å². The summed E-state index contributed by atoms with van der Waals surface area (Å²) in [5.74, 6) is 0.789. The molecule has 0 atom stereocenters. The highest BCUT2D eigenvalue weighted by molar-refractivity contribution is 7.13. The third-order valence-electron chi connectivity index (χ3n) is 2.77. The van der Waals surface area contributed by atoms with E-state index in [1.54, 1.807) is 11.3 Å². The van der Waals surface area contributed by atoms with Crippen LogP contribution >= 0.6 is 11.3 Å². The van der Waals surface area contributed by atoms with E-state index >= 15 is 0 Å². The van der Waals surface area contributed by atoms with Gasteiger partial charge in [0.2, 0.25) is 0 Å². The molecule has 0 aliphatic carbocycles. The second-order valence-electron chi connectivity index (χ2n) is 4.61. The number of rotatable bonds is 4. The van der Waals surface area contributed by atoms with Crippen molar-refractivity contribution in [3.63, 3.8) is 0 Å². The van der Waals surface area contributed by atoms with Crippen LogP contribution < -0.4 is 0 Å². The Morgan fingerprint density at radius 2 is 1.50 bits per heavy atom. The third kappa shape index (κ3) is 6.91. The molecule has 0 bridgehead atoms. The first kappa shape index (κ1) is 18.9. The highest BCUT2D eigenvalue weighted by Crippen LogP contribution is 2.25. The van der Waals surface area contributed by atoms with Crippen molar-refractivity contribution in [2.75, 3.05) is 0 Å². The highest BCUT2D eigenvalue weighted by Gasteiger charge is 2.00. The van der Waals surface area contributed by atoms with Crippen molar-refractivity contribution in [1.82, 2.24) is 0 Å². The van der Waals surface area contributed by atoms with Crippen LogP contribution in [0.15, 0.2) is 41.8 Å². The molecule has 1 heterocycles. The first-order valence-electron chi connectivity index (χ1n) is 7.88. The first-order chi connectivity index (χ1) is 9.75. The van der Waals surface area contributed by atoms with Gasteiger partial charge in [-0.15, -0.1) is 11.3 Å². The van der Waals surface area contributed by atoms with Gasteiger partial charge in [-0.1, -0.05) is 71.9 Å². The largest absolute Gasteiger partial charge is 0.144 e. The number of hydrogen-bond donors (Lipinski definition) is 0. The molecule has 1 aromatic carbocycles. The van der Waals surface area contributed by atoms with Crippen molar-refractivity contribution >= 4 is 11.3 Å². The van der Waals surface area contributed by atoms with Gasteiger partial charge >= 0.3 is 0 Å². The maximum absolute atomic E-state index is 2.28. The summed E-state index contributed by atoms with van der Waals surface area (Å²) in [6, 6.07) is 13.3. The third-order valence-corrected chi connectivity index (χ3v) is 3.69. The molecule has 0 aliphatic heterocycles. The summed E-state index contributed by atoms with van der Waals surface area (Å²) in [6.07, 6.45) is 2.47. The van der Waals surface area contributed by atoms with Gasteiger partial charge in [-0.3, -0.25) is 0 Å². The van der Waals surface area contributed by atoms with Gasteiger partial charge in [0.05, 0.1) is 0 Å². The Balaban J connectivity index is 0.000000829. The minimum absolute atomic E-state index is 0.789. The highest BCUT2D eigenvalue weighted by atomic mass is 32.1. The number of aryl methyl sites for hydroxylation is 1. The van der Waals surface area contributed by atoms with Gasteiger partial charge in [-0.25, -0.2) is 0 Å². The molecule has 20 heavy (non-hydrogen) atoms. The Labute approximate surface area is 129 Å². The number of thiophene rings is 1. The Kier molecular flexibility index (Phi) is 11.1. The second-order valence-corrected chi connectivity index (χ2v) is 5.55. The minimum Gasteiger partial charge on any atom is -0.144 e. The van der Waals surface area contributed by atoms with E-state index in [1.807, 2.05) is 27.7 Å². The lowest BCUT2D eigenvalue weighted by Crippen LogP contribution is -1.91. The van der Waals surface area contributed by atoms with Crippen molar-refractivity contribution in [2.45, 2.75) is 54.4 Å². The summed E-state index contributed by atoms with van der Waals surface area (Å²) in [7, 11) is 0. The summed E-state index contributed by atoms with van der Waals surface area (Å²) in [5, 5.41) is 2.13. The molecule has 0 radical (unpaired) electrons. The zero-order valence-electron chi connectivity index (χ0n) is 13.9. The Morgan fingerprint density at radius 3 is 1.95 bits per heavy atom. The molecule has 0 spiro atoms. The quantitative estimate of drug-likeness (QED) is 0.565. The lowest BCUT2D eigenvalue weighted by Gasteiger charge is -2.05. The zero-order valence-corrected chi connectivity index (χ0v) is 14.8. The van der Waals surface area contributed by atoms with E-state index in [0.717, 1.165) is 5.92 Å². The molecule has 0 amide bonds. The van der Waals surface area contributed by atoms with Crippen molar-refractivity contribution in [3.05, 3.63) is 47.3 Å². The summed E-state index contributed by atoms with van der Waals surface area (Å²) >= 11 is 1.80. The normalized spacial score (nSPS) is 9.35. The monoisotopic (exact) mass is 290 g/mol. The number of hydrogen-bond acceptors (Lipinski definition) is 1. The van der Waals surface area contributed by atoms with E-state index in [4.69, 9.17) is 0 Å². The van der Waals surface area contributed by atoms with Crippen molar-refractivity contribution in [3.8, 4) is 10.4 Å². The van der Waals surface area contributed by atoms with E-state index in [-0.39, 0.29) is 0 Å². The molecule has 0 aliphatic rings. The molecule has 0 N–H and O–H groups in total. The van der Waals surface area contributed by atoms with Crippen molar-refractivity contribution < 1.29 is 0 Å². The SMILES string of the molecule is CC.CC.CC(C)CCc1ccc(-c2cccs2)cc1. The van der Waals surface area contributed by atoms with Crippen LogP contribution in [0.1, 0.15) is 53.5 Å². The van der Waals surface area contributed by atoms with Crippen LogP contribution in [0.5, 0.6) is 0 Å². The summed E-state index contributed by atoms with van der Waals surface area (Å²) in [6.45, 7) is 12.6. The predicted octanol–water partition coefficient (Wildman–Crippen LogP) is 7.06. The van der Waals surface area contributed by atoms with Crippen LogP contribution in [-0.4, -0.2) is 0 Å². The molecule has 112 valence electrons. The van der Waals surface area contributed by atoms with Gasteiger partial charge in [0.1, 0.15) is 0 Å². The van der Waals surface area contributed by atoms with Crippen LogP contribution in [0.2, 0.25) is 0 Å². The molecule has 1 aromatic heterocycles. The molecule has 0 saturated carbocycles. The van der Waals surface area contributed by atoms with E-state index in [2.05, 4.69) is 55.6 Å². The Morgan fingerprint density at radius 1 is 0.900 bits per heavy atom. The average molecular weight is 291 g/mol. The first-order valence-corrected chi connectivity index (χ1v) is 8.76. The fourth-order valence-corrected chi connectivity index (χ4v) is 2.47. The fourth-order valence-electron chi connectivity index (χ4n) is 1.73. The molecule has 0 nitrogen and oxygen atoms in total. The molecular weight excluding hydrogens is 260 g/mol. The summed E-state index contributed by atoms with van der Waals surface area (Å²) in [4.78, 5) is 1.36. The van der Waals surface area contributed by atoms with Crippen LogP contribution in [0, 0.1) is 5.92 Å². The maximum atomic E-state index is 2.28. The molecule has 0 fully saturated rings. The topological polar surface area (TPSA) is 0 Å². The van der Waals surface area contributed by atoms with Crippen LogP contribution in [0.3, 0.4) is 0 Å². The van der Waals surface area contributed by atoms with Gasteiger partial charge < -0.3 is 0 Å². The molecule has 1 heteroatoms. The van der Waals surface area contributed by atoms with Gasteiger partial charge in [-0.2, -0.15) is 0 Å². The van der Waals surface area contributed by atoms with Crippen molar-refractivity contribution in [1.29, 1.82) is 0 Å². The van der Waals surface area contributed by atoms with E-state index in [9.17, 15) is 0 Å². The number of benzene rings is 1. The molecule has 2 rings (SSSR count). The van der Waals surface area contributed by atoms with Gasteiger partial charge in [0.25, 0.3) is 0 Å². The van der Waals surface area contributed by atoms with Gasteiger partial charge in [0.15, 0.2) is 0 Å². The Bertz CT molecular complexity index is 410. The summed E-state index contributed by atoms with van der Waals surface area (Å²) in [5.41, 5.74) is 2.79.